The van der Waals surface area contributed by atoms with Gasteiger partial charge in [-0.05, 0) is 43.4 Å². The molecule has 2 amide bonds. The van der Waals surface area contributed by atoms with Gasteiger partial charge in [-0.1, -0.05) is 49.2 Å². The number of rotatable bonds is 7. The van der Waals surface area contributed by atoms with Crippen molar-refractivity contribution in [1.29, 1.82) is 0 Å². The van der Waals surface area contributed by atoms with E-state index in [0.29, 0.717) is 32.2 Å². The topological polar surface area (TPSA) is 54.8 Å². The Morgan fingerprint density at radius 3 is 2.26 bits per heavy atom. The average Bonchev–Trinajstić information content (AvgIpc) is 3.30. The number of carbonyl (C=O) groups excluding carboxylic acids is 2. The molecule has 2 aliphatic rings. The third kappa shape index (κ3) is 5.43. The van der Waals surface area contributed by atoms with E-state index >= 15 is 0 Å². The Bertz CT molecular complexity index is 1140. The molecule has 2 aliphatic heterocycles. The second kappa shape index (κ2) is 11.1. The predicted molar refractivity (Wildman–Crippen MR) is 138 cm³/mol. The number of hydrogen-bond donors (Lipinski definition) is 0. The van der Waals surface area contributed by atoms with Gasteiger partial charge in [0.15, 0.2) is 0 Å². The number of fused-ring (bicyclic) bond motifs is 1. The number of likely N-dealkylation sites (tertiary alicyclic amines) is 1. The van der Waals surface area contributed by atoms with Gasteiger partial charge in [-0.25, -0.2) is 0 Å². The Morgan fingerprint density at radius 1 is 0.800 bits per heavy atom. The highest BCUT2D eigenvalue weighted by molar-refractivity contribution is 6.07. The van der Waals surface area contributed by atoms with Crippen molar-refractivity contribution in [3.8, 4) is 0 Å². The quantitative estimate of drug-likeness (QED) is 0.462. The fourth-order valence-electron chi connectivity index (χ4n) is 5.44. The first-order chi connectivity index (χ1) is 17.2. The predicted octanol–water partition coefficient (Wildman–Crippen LogP) is 4.84. The van der Waals surface area contributed by atoms with E-state index in [2.05, 4.69) is 22.9 Å². The van der Waals surface area contributed by atoms with Gasteiger partial charge < -0.3 is 19.1 Å². The summed E-state index contributed by atoms with van der Waals surface area (Å²) in [6.45, 7) is 5.18. The molecule has 5 rings (SSSR count). The number of unbranched alkanes of at least 4 members (excludes halogenated alkanes) is 1. The number of hydrogen-bond acceptors (Lipinski definition) is 3. The van der Waals surface area contributed by atoms with E-state index in [1.54, 1.807) is 0 Å². The summed E-state index contributed by atoms with van der Waals surface area (Å²) >= 11 is 0. The normalized spacial score (nSPS) is 17.1. The Hall–Kier alpha value is -3.12. The Kier molecular flexibility index (Phi) is 7.48. The number of aryl methyl sites for hydroxylation is 1. The van der Waals surface area contributed by atoms with Crippen molar-refractivity contribution in [2.45, 2.75) is 38.6 Å². The van der Waals surface area contributed by atoms with Crippen LogP contribution in [0, 0.1) is 5.92 Å². The molecule has 1 aromatic heterocycles. The summed E-state index contributed by atoms with van der Waals surface area (Å²) in [6, 6.07) is 17.8. The lowest BCUT2D eigenvalue weighted by Gasteiger charge is -2.32. The van der Waals surface area contributed by atoms with E-state index < -0.39 is 0 Å². The Morgan fingerprint density at radius 2 is 1.49 bits per heavy atom. The van der Waals surface area contributed by atoms with Gasteiger partial charge in [-0.2, -0.15) is 0 Å². The number of benzene rings is 2. The lowest BCUT2D eigenvalue weighted by Crippen LogP contribution is -2.40. The second-order valence-electron chi connectivity index (χ2n) is 9.76. The molecule has 6 heteroatoms. The van der Waals surface area contributed by atoms with Crippen molar-refractivity contribution in [3.63, 3.8) is 0 Å². The van der Waals surface area contributed by atoms with Gasteiger partial charge in [0.05, 0.1) is 18.8 Å². The first-order valence-corrected chi connectivity index (χ1v) is 13.0. The van der Waals surface area contributed by atoms with E-state index in [1.165, 1.54) is 6.42 Å². The van der Waals surface area contributed by atoms with E-state index in [-0.39, 0.29) is 11.8 Å². The first kappa shape index (κ1) is 23.6. The number of nitrogens with zero attached hydrogens (tertiary/aromatic N) is 3. The molecule has 0 aliphatic carbocycles. The molecule has 0 unspecified atom stereocenters. The van der Waals surface area contributed by atoms with Crippen LogP contribution in [-0.2, 0) is 11.3 Å². The van der Waals surface area contributed by atoms with Gasteiger partial charge in [0.25, 0.3) is 11.8 Å². The molecule has 0 spiro atoms. The van der Waals surface area contributed by atoms with Crippen LogP contribution in [0.25, 0.3) is 10.9 Å². The van der Waals surface area contributed by atoms with Crippen LogP contribution in [0.4, 0.5) is 0 Å². The molecule has 3 aromatic rings. The van der Waals surface area contributed by atoms with Gasteiger partial charge in [0.1, 0.15) is 0 Å². The molecule has 0 saturated carbocycles. The van der Waals surface area contributed by atoms with E-state index in [1.807, 2.05) is 52.3 Å². The van der Waals surface area contributed by atoms with Crippen LogP contribution in [0.5, 0.6) is 0 Å². The van der Waals surface area contributed by atoms with Crippen LogP contribution in [0.1, 0.15) is 52.8 Å². The fourth-order valence-corrected chi connectivity index (χ4v) is 5.44. The zero-order valence-corrected chi connectivity index (χ0v) is 20.4. The lowest BCUT2D eigenvalue weighted by molar-refractivity contribution is 0.0304. The van der Waals surface area contributed by atoms with Crippen LogP contribution >= 0.6 is 0 Å². The van der Waals surface area contributed by atoms with Crippen LogP contribution in [-0.4, -0.2) is 65.6 Å². The van der Waals surface area contributed by atoms with Crippen molar-refractivity contribution in [1.82, 2.24) is 14.4 Å². The number of carbonyl (C=O) groups is 2. The molecule has 0 bridgehead atoms. The molecule has 2 saturated heterocycles. The summed E-state index contributed by atoms with van der Waals surface area (Å²) < 4.78 is 7.67. The van der Waals surface area contributed by atoms with Crippen molar-refractivity contribution in [2.75, 3.05) is 39.4 Å². The average molecular weight is 474 g/mol. The minimum Gasteiger partial charge on any atom is -0.378 e. The molecule has 3 heterocycles. The summed E-state index contributed by atoms with van der Waals surface area (Å²) in [7, 11) is 0. The summed E-state index contributed by atoms with van der Waals surface area (Å²) in [4.78, 5) is 29.7. The second-order valence-corrected chi connectivity index (χ2v) is 9.76. The lowest BCUT2D eigenvalue weighted by atomic mass is 9.91. The number of para-hydroxylation sites is 1. The summed E-state index contributed by atoms with van der Waals surface area (Å²) in [5, 5.41) is 1.04. The van der Waals surface area contributed by atoms with Crippen molar-refractivity contribution in [2.24, 2.45) is 5.92 Å². The highest BCUT2D eigenvalue weighted by Gasteiger charge is 2.24. The van der Waals surface area contributed by atoms with E-state index in [9.17, 15) is 9.59 Å². The summed E-state index contributed by atoms with van der Waals surface area (Å²) in [5.41, 5.74) is 2.73. The molecule has 0 N–H and O–H groups in total. The molecular formula is C29H35N3O3. The van der Waals surface area contributed by atoms with Crippen LogP contribution in [0.3, 0.4) is 0 Å². The molecule has 2 fully saturated rings. The number of ether oxygens (including phenoxy) is 1. The van der Waals surface area contributed by atoms with Crippen LogP contribution in [0.2, 0.25) is 0 Å². The highest BCUT2D eigenvalue weighted by Crippen LogP contribution is 2.26. The molecule has 35 heavy (non-hydrogen) atoms. The maximum Gasteiger partial charge on any atom is 0.256 e. The van der Waals surface area contributed by atoms with E-state index in [4.69, 9.17) is 4.74 Å². The van der Waals surface area contributed by atoms with Gasteiger partial charge >= 0.3 is 0 Å². The Labute approximate surface area is 207 Å². The van der Waals surface area contributed by atoms with Gasteiger partial charge in [0.2, 0.25) is 0 Å². The molecule has 0 radical (unpaired) electrons. The van der Waals surface area contributed by atoms with Gasteiger partial charge in [0, 0.05) is 55.4 Å². The fraction of sp³-hybridized carbons (Fsp3) is 0.448. The minimum atomic E-state index is 0.111. The zero-order chi connectivity index (χ0) is 24.0. The zero-order valence-electron chi connectivity index (χ0n) is 20.4. The highest BCUT2D eigenvalue weighted by atomic mass is 16.5. The molecule has 2 aromatic carbocycles. The third-order valence-corrected chi connectivity index (χ3v) is 7.50. The maximum absolute atomic E-state index is 13.2. The maximum atomic E-state index is 13.2. The molecule has 0 atom stereocenters. The van der Waals surface area contributed by atoms with Crippen molar-refractivity contribution < 1.29 is 14.3 Å². The molecular weight excluding hydrogens is 438 g/mol. The monoisotopic (exact) mass is 473 g/mol. The van der Waals surface area contributed by atoms with Crippen molar-refractivity contribution >= 4 is 22.7 Å². The standard InChI is InChI=1S/C29H35N3O3/c33-28(24-9-2-1-3-10-24)30-16-13-23(14-17-30)8-6-7-15-32-22-26(25-11-4-5-12-27(25)32)29(34)31-18-20-35-21-19-31/h1-5,9-12,22-23H,6-8,13-21H2. The Balaban J connectivity index is 1.12. The first-order valence-electron chi connectivity index (χ1n) is 13.0. The van der Waals surface area contributed by atoms with E-state index in [0.717, 1.165) is 67.3 Å². The number of aromatic nitrogens is 1. The summed E-state index contributed by atoms with van der Waals surface area (Å²) in [5.74, 6) is 0.959. The SMILES string of the molecule is O=C(c1ccccc1)N1CCC(CCCCn2cc(C(=O)N3CCOCC3)c3ccccc32)CC1. The number of morpholine rings is 1. The molecule has 6 nitrogen and oxygen atoms in total. The molecule has 184 valence electrons. The van der Waals surface area contributed by atoms with Crippen molar-refractivity contribution in [3.05, 3.63) is 71.9 Å². The summed E-state index contributed by atoms with van der Waals surface area (Å²) in [6.07, 6.45) is 7.68. The largest absolute Gasteiger partial charge is 0.378 e. The minimum absolute atomic E-state index is 0.111. The smallest absolute Gasteiger partial charge is 0.256 e. The number of piperidine rings is 1. The number of amides is 2. The van der Waals surface area contributed by atoms with Gasteiger partial charge in [-0.15, -0.1) is 0 Å². The van der Waals surface area contributed by atoms with Crippen LogP contribution in [0.15, 0.2) is 60.8 Å². The van der Waals surface area contributed by atoms with Crippen LogP contribution < -0.4 is 0 Å². The third-order valence-electron chi connectivity index (χ3n) is 7.50. The van der Waals surface area contributed by atoms with Gasteiger partial charge in [-0.3, -0.25) is 9.59 Å².